The van der Waals surface area contributed by atoms with Crippen LogP contribution in [0, 0.1) is 6.92 Å². The highest BCUT2D eigenvalue weighted by Crippen LogP contribution is 2.38. The predicted molar refractivity (Wildman–Crippen MR) is 124 cm³/mol. The van der Waals surface area contributed by atoms with E-state index in [0.717, 1.165) is 15.8 Å². The minimum Gasteiger partial charge on any atom is -0.462 e. The molecule has 0 unspecified atom stereocenters. The molecule has 162 valence electrons. The number of rotatable bonds is 7. The molecule has 0 aliphatic carbocycles. The van der Waals surface area contributed by atoms with E-state index in [9.17, 15) is 14.4 Å². The summed E-state index contributed by atoms with van der Waals surface area (Å²) in [5, 5.41) is 5.74. The van der Waals surface area contributed by atoms with Crippen LogP contribution in [-0.2, 0) is 4.74 Å². The first-order chi connectivity index (χ1) is 14.0. The summed E-state index contributed by atoms with van der Waals surface area (Å²) in [6.45, 7) is 4.84. The highest BCUT2D eigenvalue weighted by molar-refractivity contribution is 9.10. The van der Waals surface area contributed by atoms with Crippen molar-refractivity contribution < 1.29 is 19.1 Å². The van der Waals surface area contributed by atoms with Crippen molar-refractivity contribution in [3.05, 3.63) is 50.3 Å². The van der Waals surface area contributed by atoms with Crippen LogP contribution in [0.15, 0.2) is 28.7 Å². The summed E-state index contributed by atoms with van der Waals surface area (Å²) in [5.74, 6) is -1.34. The molecule has 2 aromatic rings. The molecule has 2 rings (SSSR count). The largest absolute Gasteiger partial charge is 0.462 e. The van der Waals surface area contributed by atoms with Crippen molar-refractivity contribution in [2.45, 2.75) is 30.7 Å². The van der Waals surface area contributed by atoms with Crippen LogP contribution in [0.3, 0.4) is 0 Å². The SMILES string of the molecule is CCOC(=O)c1c(N[C@@H](NC(=O)c2ccc(Br)cc2)C(Cl)(Cl)Cl)sc(C(C)=O)c1C. The van der Waals surface area contributed by atoms with E-state index in [-0.39, 0.29) is 23.0 Å². The lowest BCUT2D eigenvalue weighted by atomic mass is 10.1. The van der Waals surface area contributed by atoms with Crippen molar-refractivity contribution in [1.82, 2.24) is 5.32 Å². The average molecular weight is 557 g/mol. The van der Waals surface area contributed by atoms with Crippen LogP contribution in [0.1, 0.15) is 49.8 Å². The molecule has 1 aromatic carbocycles. The summed E-state index contributed by atoms with van der Waals surface area (Å²) >= 11 is 22.5. The van der Waals surface area contributed by atoms with E-state index in [2.05, 4.69) is 26.6 Å². The number of ether oxygens (including phenoxy) is 1. The molecule has 1 aromatic heterocycles. The quantitative estimate of drug-likeness (QED) is 0.197. The van der Waals surface area contributed by atoms with Crippen LogP contribution < -0.4 is 10.6 Å². The van der Waals surface area contributed by atoms with Gasteiger partial charge in [0.15, 0.2) is 5.78 Å². The Morgan fingerprint density at radius 1 is 1.20 bits per heavy atom. The van der Waals surface area contributed by atoms with E-state index in [1.54, 1.807) is 38.1 Å². The molecule has 1 atom stereocenters. The van der Waals surface area contributed by atoms with Gasteiger partial charge in [0.05, 0.1) is 17.0 Å². The molecule has 6 nitrogen and oxygen atoms in total. The van der Waals surface area contributed by atoms with E-state index in [0.29, 0.717) is 16.0 Å². The average Bonchev–Trinajstić information content (AvgIpc) is 2.97. The second-order valence-electron chi connectivity index (χ2n) is 6.14. The van der Waals surface area contributed by atoms with E-state index in [4.69, 9.17) is 39.5 Å². The summed E-state index contributed by atoms with van der Waals surface area (Å²) in [4.78, 5) is 37.4. The number of hydrogen-bond donors (Lipinski definition) is 2. The molecule has 11 heteroatoms. The third kappa shape index (κ3) is 6.11. The van der Waals surface area contributed by atoms with Crippen LogP contribution >= 0.6 is 62.1 Å². The number of ketones is 1. The number of carbonyl (C=O) groups excluding carboxylic acids is 3. The number of nitrogens with one attached hydrogen (secondary N) is 2. The van der Waals surface area contributed by atoms with Crippen LogP contribution in [-0.4, -0.2) is 34.2 Å². The number of thiophene rings is 1. The van der Waals surface area contributed by atoms with Gasteiger partial charge in [0.2, 0.25) is 3.79 Å². The van der Waals surface area contributed by atoms with Crippen molar-refractivity contribution in [3.8, 4) is 0 Å². The molecule has 30 heavy (non-hydrogen) atoms. The summed E-state index contributed by atoms with van der Waals surface area (Å²) in [6, 6.07) is 6.60. The lowest BCUT2D eigenvalue weighted by molar-refractivity contribution is 0.0527. The molecular weight excluding hydrogens is 539 g/mol. The highest BCUT2D eigenvalue weighted by Gasteiger charge is 2.36. The summed E-state index contributed by atoms with van der Waals surface area (Å²) < 4.78 is 3.94. The number of anilines is 1. The second kappa shape index (κ2) is 10.3. The number of esters is 1. The Balaban J connectivity index is 2.40. The Morgan fingerprint density at radius 3 is 2.30 bits per heavy atom. The Kier molecular flexibility index (Phi) is 8.59. The fraction of sp³-hybridized carbons (Fsp3) is 0.316. The molecule has 0 saturated carbocycles. The first kappa shape index (κ1) is 24.9. The lowest BCUT2D eigenvalue weighted by Gasteiger charge is -2.27. The third-order valence-electron chi connectivity index (χ3n) is 3.93. The smallest absolute Gasteiger partial charge is 0.341 e. The standard InChI is InChI=1S/C19H18BrCl3N2O4S/c1-4-29-17(28)13-9(2)14(10(3)26)30-16(13)25-18(19(21,22)23)24-15(27)11-5-7-12(20)8-6-11/h5-8,18,25H,4H2,1-3H3,(H,24,27)/t18-/m1/s1. The summed E-state index contributed by atoms with van der Waals surface area (Å²) in [6.07, 6.45) is -1.20. The van der Waals surface area contributed by atoms with Crippen LogP contribution in [0.2, 0.25) is 0 Å². The molecular formula is C19H18BrCl3N2O4S. The molecule has 1 amide bonds. The summed E-state index contributed by atoms with van der Waals surface area (Å²) in [5.41, 5.74) is 0.955. The van der Waals surface area contributed by atoms with Gasteiger partial charge in [-0.1, -0.05) is 50.7 Å². The number of Topliss-reactive ketones (excluding diaryl/α,β-unsaturated/α-hetero) is 1. The van der Waals surface area contributed by atoms with Crippen molar-refractivity contribution in [2.24, 2.45) is 0 Å². The summed E-state index contributed by atoms with van der Waals surface area (Å²) in [7, 11) is 0. The normalized spacial score (nSPS) is 12.2. The number of halogens is 4. The van der Waals surface area contributed by atoms with Crippen molar-refractivity contribution in [2.75, 3.05) is 11.9 Å². The Hall–Kier alpha value is -1.32. The maximum atomic E-state index is 12.6. The van der Waals surface area contributed by atoms with Gasteiger partial charge in [0, 0.05) is 10.0 Å². The zero-order valence-corrected chi connectivity index (χ0v) is 20.8. The van der Waals surface area contributed by atoms with Crippen LogP contribution in [0.25, 0.3) is 0 Å². The van der Waals surface area contributed by atoms with Gasteiger partial charge in [0.1, 0.15) is 11.2 Å². The van der Waals surface area contributed by atoms with Gasteiger partial charge in [-0.2, -0.15) is 0 Å². The Morgan fingerprint density at radius 2 is 1.80 bits per heavy atom. The Bertz CT molecular complexity index is 958. The lowest BCUT2D eigenvalue weighted by Crippen LogP contribution is -2.49. The van der Waals surface area contributed by atoms with Crippen LogP contribution in [0.4, 0.5) is 5.00 Å². The third-order valence-corrected chi connectivity index (χ3v) is 6.44. The second-order valence-corrected chi connectivity index (χ2v) is 10.4. The van der Waals surface area contributed by atoms with E-state index in [1.165, 1.54) is 6.92 Å². The maximum Gasteiger partial charge on any atom is 0.341 e. The molecule has 0 radical (unpaired) electrons. The zero-order chi connectivity index (χ0) is 22.6. The maximum absolute atomic E-state index is 12.6. The van der Waals surface area contributed by atoms with E-state index >= 15 is 0 Å². The van der Waals surface area contributed by atoms with Gasteiger partial charge in [-0.25, -0.2) is 4.79 Å². The molecule has 1 heterocycles. The molecule has 0 fully saturated rings. The van der Waals surface area contributed by atoms with Crippen molar-refractivity contribution in [1.29, 1.82) is 0 Å². The van der Waals surface area contributed by atoms with Gasteiger partial charge in [0.25, 0.3) is 5.91 Å². The Labute approximate surface area is 201 Å². The van der Waals surface area contributed by atoms with E-state index in [1.807, 2.05) is 0 Å². The fourth-order valence-corrected chi connectivity index (χ4v) is 4.26. The number of benzene rings is 1. The predicted octanol–water partition coefficient (Wildman–Crippen LogP) is 5.74. The molecule has 2 N–H and O–H groups in total. The van der Waals surface area contributed by atoms with Gasteiger partial charge < -0.3 is 15.4 Å². The number of hydrogen-bond acceptors (Lipinski definition) is 6. The topological polar surface area (TPSA) is 84.5 Å². The molecule has 0 aliphatic heterocycles. The first-order valence-electron chi connectivity index (χ1n) is 8.66. The van der Waals surface area contributed by atoms with Gasteiger partial charge in [-0.3, -0.25) is 9.59 Å². The molecule has 0 spiro atoms. The van der Waals surface area contributed by atoms with Gasteiger partial charge >= 0.3 is 5.97 Å². The minimum absolute atomic E-state index is 0.150. The van der Waals surface area contributed by atoms with Crippen molar-refractivity contribution >= 4 is 84.7 Å². The van der Waals surface area contributed by atoms with Crippen molar-refractivity contribution in [3.63, 3.8) is 0 Å². The minimum atomic E-state index is -1.97. The number of amides is 1. The zero-order valence-electron chi connectivity index (χ0n) is 16.1. The van der Waals surface area contributed by atoms with Gasteiger partial charge in [-0.05, 0) is 50.6 Å². The molecule has 0 bridgehead atoms. The number of carbonyl (C=O) groups is 3. The van der Waals surface area contributed by atoms with Crippen LogP contribution in [0.5, 0.6) is 0 Å². The van der Waals surface area contributed by atoms with Gasteiger partial charge in [-0.15, -0.1) is 11.3 Å². The first-order valence-corrected chi connectivity index (χ1v) is 11.4. The monoisotopic (exact) mass is 554 g/mol. The highest BCUT2D eigenvalue weighted by atomic mass is 79.9. The number of alkyl halides is 3. The fourth-order valence-electron chi connectivity index (χ4n) is 2.55. The molecule has 0 aliphatic rings. The van der Waals surface area contributed by atoms with E-state index < -0.39 is 21.8 Å². The molecule has 0 saturated heterocycles.